The normalized spacial score (nSPS) is 24.2. The van der Waals surface area contributed by atoms with Crippen molar-refractivity contribution in [2.45, 2.75) is 50.9 Å². The maximum Gasteiger partial charge on any atom is 0.230 e. The van der Waals surface area contributed by atoms with Crippen LogP contribution in [0.25, 0.3) is 0 Å². The second-order valence-corrected chi connectivity index (χ2v) is 9.69. The molecule has 1 aromatic carbocycles. The van der Waals surface area contributed by atoms with Crippen LogP contribution in [0.4, 0.5) is 22.9 Å². The molecule has 5 rings (SSSR count). The number of aromatic nitrogens is 1. The van der Waals surface area contributed by atoms with Gasteiger partial charge < -0.3 is 29.3 Å². The molecular formula is C27H36N4O4. The average Bonchev–Trinajstić information content (AvgIpc) is 3.08. The Labute approximate surface area is 207 Å². The second kappa shape index (κ2) is 10.9. The van der Waals surface area contributed by atoms with E-state index < -0.39 is 0 Å². The average molecular weight is 481 g/mol. The van der Waals surface area contributed by atoms with E-state index in [2.05, 4.69) is 33.4 Å². The SMILES string of the molecule is COCCC1CN(c2ccc3c(c2)N(C(=O)[C@H]2CC[C@H](OC)CC2)Cc2cccnc2N3)CCO1. The van der Waals surface area contributed by atoms with E-state index in [0.29, 0.717) is 19.8 Å². The Morgan fingerprint density at radius 3 is 2.86 bits per heavy atom. The number of anilines is 4. The van der Waals surface area contributed by atoms with Gasteiger partial charge in [0.15, 0.2) is 0 Å². The molecule has 1 amide bonds. The van der Waals surface area contributed by atoms with Crippen molar-refractivity contribution < 1.29 is 19.0 Å². The summed E-state index contributed by atoms with van der Waals surface area (Å²) in [6.07, 6.45) is 6.65. The quantitative estimate of drug-likeness (QED) is 0.667. The number of carbonyl (C=O) groups is 1. The molecule has 2 aromatic rings. The van der Waals surface area contributed by atoms with E-state index in [9.17, 15) is 4.79 Å². The minimum atomic E-state index is 0.0120. The molecule has 1 saturated carbocycles. The van der Waals surface area contributed by atoms with Gasteiger partial charge in [-0.1, -0.05) is 6.07 Å². The Kier molecular flexibility index (Phi) is 7.51. The number of pyridine rings is 1. The minimum Gasteiger partial charge on any atom is -0.385 e. The van der Waals surface area contributed by atoms with Gasteiger partial charge in [-0.05, 0) is 56.4 Å². The van der Waals surface area contributed by atoms with Gasteiger partial charge in [0.25, 0.3) is 0 Å². The third-order valence-corrected chi connectivity index (χ3v) is 7.52. The van der Waals surface area contributed by atoms with Gasteiger partial charge in [-0.15, -0.1) is 0 Å². The van der Waals surface area contributed by atoms with Crippen LogP contribution in [0.15, 0.2) is 36.5 Å². The lowest BCUT2D eigenvalue weighted by Crippen LogP contribution is -2.43. The van der Waals surface area contributed by atoms with Crippen molar-refractivity contribution >= 4 is 28.8 Å². The molecule has 2 aliphatic heterocycles. The van der Waals surface area contributed by atoms with E-state index in [0.717, 1.165) is 73.6 Å². The maximum absolute atomic E-state index is 13.9. The molecule has 188 valence electrons. The maximum atomic E-state index is 13.9. The zero-order chi connectivity index (χ0) is 24.2. The molecule has 1 N–H and O–H groups in total. The van der Waals surface area contributed by atoms with E-state index in [1.807, 2.05) is 17.0 Å². The van der Waals surface area contributed by atoms with Crippen molar-refractivity contribution in [2.75, 3.05) is 55.6 Å². The third-order valence-electron chi connectivity index (χ3n) is 7.52. The van der Waals surface area contributed by atoms with E-state index in [1.54, 1.807) is 20.4 Å². The smallest absolute Gasteiger partial charge is 0.230 e. The van der Waals surface area contributed by atoms with Crippen LogP contribution < -0.4 is 15.1 Å². The van der Waals surface area contributed by atoms with Gasteiger partial charge in [0, 0.05) is 57.3 Å². The molecule has 35 heavy (non-hydrogen) atoms. The van der Waals surface area contributed by atoms with Gasteiger partial charge in [-0.25, -0.2) is 4.98 Å². The predicted molar refractivity (Wildman–Crippen MR) is 136 cm³/mol. The molecule has 1 unspecified atom stereocenters. The van der Waals surface area contributed by atoms with Gasteiger partial charge in [0.1, 0.15) is 5.82 Å². The van der Waals surface area contributed by atoms with Crippen molar-refractivity contribution in [3.8, 4) is 0 Å². The molecular weight excluding hydrogens is 444 g/mol. The summed E-state index contributed by atoms with van der Waals surface area (Å²) < 4.78 is 16.7. The summed E-state index contributed by atoms with van der Waals surface area (Å²) in [7, 11) is 3.49. The van der Waals surface area contributed by atoms with Crippen molar-refractivity contribution in [3.05, 3.63) is 42.1 Å². The lowest BCUT2D eigenvalue weighted by molar-refractivity contribution is -0.124. The van der Waals surface area contributed by atoms with Crippen molar-refractivity contribution in [2.24, 2.45) is 5.92 Å². The highest BCUT2D eigenvalue weighted by atomic mass is 16.5. The molecule has 8 heteroatoms. The number of nitrogens with one attached hydrogen (secondary N) is 1. The molecule has 1 saturated heterocycles. The van der Waals surface area contributed by atoms with E-state index in [1.165, 1.54) is 0 Å². The first-order valence-electron chi connectivity index (χ1n) is 12.7. The van der Waals surface area contributed by atoms with E-state index in [4.69, 9.17) is 14.2 Å². The number of morpholine rings is 1. The first-order valence-corrected chi connectivity index (χ1v) is 12.7. The number of hydrogen-bond donors (Lipinski definition) is 1. The Morgan fingerprint density at radius 1 is 1.20 bits per heavy atom. The molecule has 2 fully saturated rings. The fraction of sp³-hybridized carbons (Fsp3) is 0.556. The standard InChI is InChI=1S/C27H36N4O4/c1-33-14-11-23-18-30(13-15-35-23)21-7-10-24-25(16-21)31(17-20-4-3-12-28-26(20)29-24)27(32)19-5-8-22(34-2)9-6-19/h3-4,7,10,12,16,19,22-23H,5-6,8-9,11,13-15,17-18H2,1-2H3,(H,28,29)/t19-,22-,23?. The number of hydrogen-bond acceptors (Lipinski definition) is 7. The van der Waals surface area contributed by atoms with Crippen LogP contribution in [-0.2, 0) is 25.5 Å². The molecule has 1 aliphatic carbocycles. The molecule has 1 aromatic heterocycles. The van der Waals surface area contributed by atoms with Crippen LogP contribution in [0.3, 0.4) is 0 Å². The van der Waals surface area contributed by atoms with Crippen LogP contribution in [0.1, 0.15) is 37.7 Å². The summed E-state index contributed by atoms with van der Waals surface area (Å²) in [5.74, 6) is 1.01. The van der Waals surface area contributed by atoms with Crippen LogP contribution in [0.5, 0.6) is 0 Å². The summed E-state index contributed by atoms with van der Waals surface area (Å²) in [5, 5.41) is 3.49. The molecule has 8 nitrogen and oxygen atoms in total. The largest absolute Gasteiger partial charge is 0.385 e. The van der Waals surface area contributed by atoms with Gasteiger partial charge >= 0.3 is 0 Å². The summed E-state index contributed by atoms with van der Waals surface area (Å²) >= 11 is 0. The second-order valence-electron chi connectivity index (χ2n) is 9.69. The van der Waals surface area contributed by atoms with Gasteiger partial charge in [0.2, 0.25) is 5.91 Å². The third kappa shape index (κ3) is 5.29. The van der Waals surface area contributed by atoms with E-state index in [-0.39, 0.29) is 24.0 Å². The Hall–Kier alpha value is -2.68. The number of benzene rings is 1. The summed E-state index contributed by atoms with van der Waals surface area (Å²) in [6.45, 7) is 3.52. The highest BCUT2D eigenvalue weighted by molar-refractivity contribution is 6.00. The Balaban J connectivity index is 1.44. The molecule has 0 radical (unpaired) electrons. The van der Waals surface area contributed by atoms with Gasteiger partial charge in [0.05, 0.1) is 36.7 Å². The molecule has 0 bridgehead atoms. The van der Waals surface area contributed by atoms with Gasteiger partial charge in [-0.2, -0.15) is 0 Å². The topological polar surface area (TPSA) is 76.2 Å². The number of nitrogens with zero attached hydrogens (tertiary/aromatic N) is 3. The zero-order valence-electron chi connectivity index (χ0n) is 20.7. The van der Waals surface area contributed by atoms with Gasteiger partial charge in [-0.3, -0.25) is 4.79 Å². The fourth-order valence-electron chi connectivity index (χ4n) is 5.45. The predicted octanol–water partition coefficient (Wildman–Crippen LogP) is 4.12. The summed E-state index contributed by atoms with van der Waals surface area (Å²) in [5.41, 5.74) is 3.96. The fourth-order valence-corrected chi connectivity index (χ4v) is 5.45. The Bertz CT molecular complexity index is 1020. The van der Waals surface area contributed by atoms with Crippen molar-refractivity contribution in [1.29, 1.82) is 0 Å². The number of fused-ring (bicyclic) bond motifs is 2. The number of amides is 1. The Morgan fingerprint density at radius 2 is 2.06 bits per heavy atom. The molecule has 1 atom stereocenters. The van der Waals surface area contributed by atoms with E-state index >= 15 is 0 Å². The monoisotopic (exact) mass is 480 g/mol. The lowest BCUT2D eigenvalue weighted by atomic mass is 9.86. The lowest BCUT2D eigenvalue weighted by Gasteiger charge is -2.36. The number of methoxy groups -OCH3 is 2. The highest BCUT2D eigenvalue weighted by Gasteiger charge is 2.33. The first-order chi connectivity index (χ1) is 17.2. The van der Waals surface area contributed by atoms with Crippen LogP contribution in [0.2, 0.25) is 0 Å². The van der Waals surface area contributed by atoms with Crippen LogP contribution in [-0.4, -0.2) is 63.6 Å². The summed E-state index contributed by atoms with van der Waals surface area (Å²) in [4.78, 5) is 22.8. The summed E-state index contributed by atoms with van der Waals surface area (Å²) in [6, 6.07) is 10.3. The number of carbonyl (C=O) groups excluding carboxylic acids is 1. The van der Waals surface area contributed by atoms with Crippen LogP contribution >= 0.6 is 0 Å². The zero-order valence-corrected chi connectivity index (χ0v) is 20.7. The van der Waals surface area contributed by atoms with Crippen LogP contribution in [0, 0.1) is 5.92 Å². The number of ether oxygens (including phenoxy) is 3. The number of rotatable bonds is 6. The minimum absolute atomic E-state index is 0.0120. The highest BCUT2D eigenvalue weighted by Crippen LogP contribution is 2.40. The molecule has 3 aliphatic rings. The van der Waals surface area contributed by atoms with Crippen molar-refractivity contribution in [3.63, 3.8) is 0 Å². The van der Waals surface area contributed by atoms with Crippen molar-refractivity contribution in [1.82, 2.24) is 4.98 Å². The first kappa shape index (κ1) is 24.0. The molecule has 0 spiro atoms. The molecule has 3 heterocycles.